The van der Waals surface area contributed by atoms with Gasteiger partial charge in [0.05, 0.1) is 11.1 Å². The molecule has 0 bridgehead atoms. The van der Waals surface area contributed by atoms with E-state index in [1.54, 1.807) is 32.9 Å². The maximum absolute atomic E-state index is 12.1. The molecule has 1 aliphatic rings. The average molecular weight is 347 g/mol. The molecule has 1 aromatic rings. The number of benzene rings is 1. The molecule has 0 saturated carbocycles. The van der Waals surface area contributed by atoms with Crippen LogP contribution in [0.3, 0.4) is 0 Å². The van der Waals surface area contributed by atoms with Crippen molar-refractivity contribution in [1.82, 2.24) is 5.06 Å². The highest BCUT2D eigenvalue weighted by molar-refractivity contribution is 6.20. The summed E-state index contributed by atoms with van der Waals surface area (Å²) >= 11 is 0. The highest BCUT2D eigenvalue weighted by Crippen LogP contribution is 2.23. The van der Waals surface area contributed by atoms with Gasteiger partial charge >= 0.3 is 11.9 Å². The molecule has 2 rings (SSSR count). The third-order valence-corrected chi connectivity index (χ3v) is 3.38. The lowest BCUT2D eigenvalue weighted by molar-refractivity contribution is -0.168. The largest absolute Gasteiger partial charge is 0.460 e. The van der Waals surface area contributed by atoms with Gasteiger partial charge in [-0.1, -0.05) is 17.2 Å². The van der Waals surface area contributed by atoms with Crippen molar-refractivity contribution in [1.29, 1.82) is 0 Å². The van der Waals surface area contributed by atoms with Crippen LogP contribution in [0.25, 0.3) is 0 Å². The van der Waals surface area contributed by atoms with Crippen LogP contribution in [0.5, 0.6) is 0 Å². The van der Waals surface area contributed by atoms with E-state index in [1.165, 1.54) is 12.1 Å². The van der Waals surface area contributed by atoms with Gasteiger partial charge in [-0.2, -0.15) is 0 Å². The number of hydrogen-bond acceptors (Lipinski definition) is 6. The molecule has 0 fully saturated rings. The fraction of sp³-hybridized carbons (Fsp3) is 0.444. The number of fused-ring (bicyclic) bond motifs is 1. The summed E-state index contributed by atoms with van der Waals surface area (Å²) in [6, 6.07) is 6.27. The minimum absolute atomic E-state index is 0.00377. The summed E-state index contributed by atoms with van der Waals surface area (Å²) in [6.45, 7) is 5.35. The first-order valence-electron chi connectivity index (χ1n) is 8.09. The van der Waals surface area contributed by atoms with E-state index >= 15 is 0 Å². The van der Waals surface area contributed by atoms with Crippen molar-refractivity contribution in [3.05, 3.63) is 35.4 Å². The first kappa shape index (κ1) is 18.6. The lowest BCUT2D eigenvalue weighted by Crippen LogP contribution is -2.32. The monoisotopic (exact) mass is 347 g/mol. The van der Waals surface area contributed by atoms with E-state index in [4.69, 9.17) is 9.57 Å². The number of hydrogen-bond donors (Lipinski definition) is 0. The van der Waals surface area contributed by atoms with Gasteiger partial charge in [0.1, 0.15) is 5.60 Å². The number of ether oxygens (including phenoxy) is 1. The number of nitrogens with zero attached hydrogens (tertiary/aromatic N) is 1. The molecule has 2 amide bonds. The van der Waals surface area contributed by atoms with Crippen LogP contribution in [0.1, 0.15) is 67.2 Å². The van der Waals surface area contributed by atoms with E-state index in [-0.39, 0.29) is 29.9 Å². The zero-order valence-electron chi connectivity index (χ0n) is 14.5. The normalized spacial score (nSPS) is 13.6. The number of hydroxylamine groups is 2. The Balaban J connectivity index is 1.76. The van der Waals surface area contributed by atoms with Crippen molar-refractivity contribution in [2.45, 2.75) is 52.1 Å². The summed E-state index contributed by atoms with van der Waals surface area (Å²) < 4.78 is 5.16. The lowest BCUT2D eigenvalue weighted by Gasteiger charge is -2.19. The van der Waals surface area contributed by atoms with Gasteiger partial charge in [0, 0.05) is 12.8 Å². The van der Waals surface area contributed by atoms with Crippen molar-refractivity contribution < 1.29 is 28.8 Å². The molecule has 0 unspecified atom stereocenters. The number of carbonyl (C=O) groups is 4. The van der Waals surface area contributed by atoms with Gasteiger partial charge in [0.15, 0.2) is 0 Å². The maximum atomic E-state index is 12.1. The second kappa shape index (κ2) is 7.46. The van der Waals surface area contributed by atoms with Crippen molar-refractivity contribution >= 4 is 23.8 Å². The van der Waals surface area contributed by atoms with E-state index in [1.807, 2.05) is 0 Å². The van der Waals surface area contributed by atoms with Crippen LogP contribution in [0.15, 0.2) is 24.3 Å². The molecule has 1 aromatic carbocycles. The third-order valence-electron chi connectivity index (χ3n) is 3.38. The standard InChI is InChI=1S/C18H21NO6/c1-18(2,3)24-14(20)10-6-7-11-15(21)25-19-16(22)12-8-4-5-9-13(12)17(19)23/h4-5,8-9H,6-7,10-11H2,1-3H3. The number of carbonyl (C=O) groups excluding carboxylic acids is 4. The topological polar surface area (TPSA) is 90.0 Å². The highest BCUT2D eigenvalue weighted by Gasteiger charge is 2.38. The highest BCUT2D eigenvalue weighted by atomic mass is 16.7. The molecule has 0 radical (unpaired) electrons. The molecule has 1 heterocycles. The summed E-state index contributed by atoms with van der Waals surface area (Å²) in [6.07, 6.45) is 1.03. The Kier molecular flexibility index (Phi) is 5.56. The number of unbranched alkanes of at least 4 members (excludes halogenated alkanes) is 1. The second-order valence-corrected chi connectivity index (χ2v) is 6.71. The molecular weight excluding hydrogens is 326 g/mol. The third kappa shape index (κ3) is 4.89. The SMILES string of the molecule is CC(C)(C)OC(=O)CCCCC(=O)ON1C(=O)c2ccccc2C1=O. The molecule has 0 N–H and O–H groups in total. The smallest absolute Gasteiger partial charge is 0.333 e. The average Bonchev–Trinajstić information content (AvgIpc) is 2.75. The van der Waals surface area contributed by atoms with Crippen LogP contribution >= 0.6 is 0 Å². The Labute approximate surface area is 145 Å². The summed E-state index contributed by atoms with van der Waals surface area (Å²) in [7, 11) is 0. The molecule has 25 heavy (non-hydrogen) atoms. The zero-order chi connectivity index (χ0) is 18.6. The Morgan fingerprint density at radius 3 is 1.88 bits per heavy atom. The number of esters is 1. The first-order valence-corrected chi connectivity index (χ1v) is 8.09. The predicted molar refractivity (Wildman–Crippen MR) is 87.3 cm³/mol. The lowest BCUT2D eigenvalue weighted by atomic mass is 10.1. The van der Waals surface area contributed by atoms with Crippen molar-refractivity contribution in [3.8, 4) is 0 Å². The van der Waals surface area contributed by atoms with Gasteiger partial charge in [-0.3, -0.25) is 14.4 Å². The molecule has 7 nitrogen and oxygen atoms in total. The van der Waals surface area contributed by atoms with Gasteiger partial charge < -0.3 is 9.57 Å². The van der Waals surface area contributed by atoms with Gasteiger partial charge in [-0.25, -0.2) is 4.79 Å². The molecule has 0 aromatic heterocycles. The molecular formula is C18H21NO6. The van der Waals surface area contributed by atoms with Crippen LogP contribution in [0, 0.1) is 0 Å². The van der Waals surface area contributed by atoms with E-state index in [2.05, 4.69) is 0 Å². The second-order valence-electron chi connectivity index (χ2n) is 6.71. The summed E-state index contributed by atoms with van der Waals surface area (Å²) in [4.78, 5) is 52.4. The fourth-order valence-electron chi connectivity index (χ4n) is 2.33. The summed E-state index contributed by atoms with van der Waals surface area (Å²) in [5.41, 5.74) is -0.114. The van der Waals surface area contributed by atoms with Crippen LogP contribution in [0.4, 0.5) is 0 Å². The van der Waals surface area contributed by atoms with Crippen LogP contribution in [0.2, 0.25) is 0 Å². The van der Waals surface area contributed by atoms with Gasteiger partial charge in [-0.05, 0) is 45.7 Å². The minimum Gasteiger partial charge on any atom is -0.460 e. The van der Waals surface area contributed by atoms with Gasteiger partial charge in [0.2, 0.25) is 0 Å². The Morgan fingerprint density at radius 1 is 0.920 bits per heavy atom. The van der Waals surface area contributed by atoms with E-state index in [0.717, 1.165) is 0 Å². The Morgan fingerprint density at radius 2 is 1.40 bits per heavy atom. The number of amides is 2. The van der Waals surface area contributed by atoms with E-state index in [0.29, 0.717) is 17.9 Å². The van der Waals surface area contributed by atoms with Crippen LogP contribution in [-0.4, -0.2) is 34.4 Å². The number of rotatable bonds is 6. The Hall–Kier alpha value is -2.70. The molecule has 0 aliphatic carbocycles. The molecule has 7 heteroatoms. The number of imide groups is 1. The first-order chi connectivity index (χ1) is 11.7. The molecule has 0 saturated heterocycles. The van der Waals surface area contributed by atoms with Gasteiger partial charge in [-0.15, -0.1) is 0 Å². The maximum Gasteiger partial charge on any atom is 0.333 e. The Bertz CT molecular complexity index is 669. The van der Waals surface area contributed by atoms with Crippen molar-refractivity contribution in [2.75, 3.05) is 0 Å². The van der Waals surface area contributed by atoms with Gasteiger partial charge in [0.25, 0.3) is 11.8 Å². The fourth-order valence-corrected chi connectivity index (χ4v) is 2.33. The molecule has 0 spiro atoms. The van der Waals surface area contributed by atoms with Crippen molar-refractivity contribution in [3.63, 3.8) is 0 Å². The molecule has 134 valence electrons. The predicted octanol–water partition coefficient (Wildman–Crippen LogP) is 2.64. The van der Waals surface area contributed by atoms with Crippen molar-refractivity contribution in [2.24, 2.45) is 0 Å². The van der Waals surface area contributed by atoms with Crippen LogP contribution < -0.4 is 0 Å². The molecule has 0 atom stereocenters. The van der Waals surface area contributed by atoms with E-state index < -0.39 is 23.4 Å². The molecule has 1 aliphatic heterocycles. The summed E-state index contributed by atoms with van der Waals surface area (Å²) in [5.74, 6) is -2.33. The van der Waals surface area contributed by atoms with Crippen LogP contribution in [-0.2, 0) is 19.2 Å². The van der Waals surface area contributed by atoms with E-state index in [9.17, 15) is 19.2 Å². The summed E-state index contributed by atoms with van der Waals surface area (Å²) in [5, 5.41) is 0.487. The quantitative estimate of drug-likeness (QED) is 0.446. The zero-order valence-corrected chi connectivity index (χ0v) is 14.5. The minimum atomic E-state index is -0.696.